The average Bonchev–Trinajstić information content (AvgIpc) is 3.35. The van der Waals surface area contributed by atoms with Crippen LogP contribution in [-0.2, 0) is 0 Å². The summed E-state index contributed by atoms with van der Waals surface area (Å²) >= 11 is 0. The number of furan rings is 1. The van der Waals surface area contributed by atoms with Crippen molar-refractivity contribution in [3.8, 4) is 11.3 Å². The Balaban J connectivity index is 1.56. The molecule has 1 unspecified atom stereocenters. The topological polar surface area (TPSA) is 87.4 Å². The second kappa shape index (κ2) is 9.91. The number of hydrogen-bond donors (Lipinski definition) is 1. The molecular weight excluding hydrogens is 404 g/mol. The number of carbonyl (C=O) groups is 1. The fourth-order valence-corrected chi connectivity index (χ4v) is 4.00. The summed E-state index contributed by atoms with van der Waals surface area (Å²) in [6.07, 6.45) is 8.97. The summed E-state index contributed by atoms with van der Waals surface area (Å²) in [5.41, 5.74) is 1.85. The number of nitrogens with one attached hydrogen (secondary N) is 1. The van der Waals surface area contributed by atoms with Crippen LogP contribution in [0.25, 0.3) is 11.3 Å². The molecule has 32 heavy (non-hydrogen) atoms. The third-order valence-corrected chi connectivity index (χ3v) is 5.96. The minimum atomic E-state index is -0.205. The van der Waals surface area contributed by atoms with Gasteiger partial charge in [-0.2, -0.15) is 0 Å². The quantitative estimate of drug-likeness (QED) is 0.610. The molecule has 1 aliphatic rings. The van der Waals surface area contributed by atoms with Gasteiger partial charge in [0, 0.05) is 44.8 Å². The summed E-state index contributed by atoms with van der Waals surface area (Å²) in [5, 5.41) is 3.10. The minimum Gasteiger partial charge on any atom is -0.468 e. The van der Waals surface area contributed by atoms with Crippen molar-refractivity contribution in [2.75, 3.05) is 38.6 Å². The maximum absolute atomic E-state index is 13.3. The van der Waals surface area contributed by atoms with Crippen LogP contribution >= 0.6 is 0 Å². The van der Waals surface area contributed by atoms with Crippen molar-refractivity contribution in [3.63, 3.8) is 0 Å². The van der Waals surface area contributed by atoms with Crippen molar-refractivity contribution < 1.29 is 9.21 Å². The summed E-state index contributed by atoms with van der Waals surface area (Å²) in [7, 11) is 3.75. The third-order valence-electron chi connectivity index (χ3n) is 5.96. The van der Waals surface area contributed by atoms with E-state index < -0.39 is 0 Å². The van der Waals surface area contributed by atoms with E-state index >= 15 is 0 Å². The standard InChI is InChI=1S/C24H30N6O2/c1-17-8-12-30(13-9-17)20(21-5-4-14-32-21)16-26-23(31)19-15-27-24(29(2)3)28-22(19)18-6-10-25-11-7-18/h4-7,10-11,14-15,17,20H,8-9,12-13,16H2,1-3H3,(H,26,31). The van der Waals surface area contributed by atoms with E-state index in [9.17, 15) is 4.79 Å². The van der Waals surface area contributed by atoms with Crippen LogP contribution in [0.3, 0.4) is 0 Å². The molecule has 1 saturated heterocycles. The Labute approximate surface area is 188 Å². The van der Waals surface area contributed by atoms with Crippen LogP contribution < -0.4 is 10.2 Å². The van der Waals surface area contributed by atoms with Crippen molar-refractivity contribution in [2.45, 2.75) is 25.8 Å². The number of hydrogen-bond acceptors (Lipinski definition) is 7. The van der Waals surface area contributed by atoms with E-state index in [0.29, 0.717) is 23.8 Å². The van der Waals surface area contributed by atoms with Crippen LogP contribution in [0.4, 0.5) is 5.95 Å². The molecule has 1 fully saturated rings. The molecule has 1 aliphatic heterocycles. The van der Waals surface area contributed by atoms with Crippen molar-refractivity contribution in [2.24, 2.45) is 5.92 Å². The van der Waals surface area contributed by atoms with Crippen LogP contribution in [0.15, 0.2) is 53.5 Å². The monoisotopic (exact) mass is 434 g/mol. The first-order valence-corrected chi connectivity index (χ1v) is 11.0. The average molecular weight is 435 g/mol. The molecule has 0 aliphatic carbocycles. The number of likely N-dealkylation sites (tertiary alicyclic amines) is 1. The predicted octanol–water partition coefficient (Wildman–Crippen LogP) is 3.40. The van der Waals surface area contributed by atoms with Crippen molar-refractivity contribution in [1.82, 2.24) is 25.2 Å². The van der Waals surface area contributed by atoms with Crippen LogP contribution in [0.1, 0.15) is 41.9 Å². The second-order valence-electron chi connectivity index (χ2n) is 8.52. The largest absolute Gasteiger partial charge is 0.468 e. The molecule has 0 radical (unpaired) electrons. The highest BCUT2D eigenvalue weighted by Gasteiger charge is 2.27. The van der Waals surface area contributed by atoms with E-state index in [-0.39, 0.29) is 11.9 Å². The zero-order valence-electron chi connectivity index (χ0n) is 18.9. The summed E-state index contributed by atoms with van der Waals surface area (Å²) in [4.78, 5) is 30.6. The number of aromatic nitrogens is 3. The summed E-state index contributed by atoms with van der Waals surface area (Å²) in [5.74, 6) is 1.94. The molecule has 1 atom stereocenters. The molecule has 168 valence electrons. The normalized spacial score (nSPS) is 16.0. The van der Waals surface area contributed by atoms with Gasteiger partial charge in [0.1, 0.15) is 5.76 Å². The van der Waals surface area contributed by atoms with E-state index in [1.54, 1.807) is 24.9 Å². The smallest absolute Gasteiger partial charge is 0.255 e. The number of nitrogens with zero attached hydrogens (tertiary/aromatic N) is 5. The van der Waals surface area contributed by atoms with Gasteiger partial charge in [-0.25, -0.2) is 9.97 Å². The van der Waals surface area contributed by atoms with Gasteiger partial charge in [-0.3, -0.25) is 14.7 Å². The van der Waals surface area contributed by atoms with Gasteiger partial charge in [-0.1, -0.05) is 6.92 Å². The first-order chi connectivity index (χ1) is 15.5. The highest BCUT2D eigenvalue weighted by molar-refractivity contribution is 5.99. The number of piperidine rings is 1. The zero-order valence-corrected chi connectivity index (χ0v) is 18.9. The second-order valence-corrected chi connectivity index (χ2v) is 8.52. The van der Waals surface area contributed by atoms with Gasteiger partial charge in [0.25, 0.3) is 5.91 Å². The molecule has 0 aromatic carbocycles. The number of rotatable bonds is 7. The van der Waals surface area contributed by atoms with Crippen LogP contribution in [0.2, 0.25) is 0 Å². The van der Waals surface area contributed by atoms with E-state index in [1.165, 1.54) is 0 Å². The van der Waals surface area contributed by atoms with Gasteiger partial charge in [0.15, 0.2) is 0 Å². The molecular formula is C24H30N6O2. The van der Waals surface area contributed by atoms with Crippen molar-refractivity contribution >= 4 is 11.9 Å². The Hall–Kier alpha value is -3.26. The fourth-order valence-electron chi connectivity index (χ4n) is 4.00. The maximum atomic E-state index is 13.3. The Bertz CT molecular complexity index is 1010. The molecule has 8 heteroatoms. The van der Waals surface area contributed by atoms with Crippen LogP contribution in [-0.4, -0.2) is 59.5 Å². The van der Waals surface area contributed by atoms with Gasteiger partial charge in [0.2, 0.25) is 5.95 Å². The zero-order chi connectivity index (χ0) is 22.5. The lowest BCUT2D eigenvalue weighted by atomic mass is 9.97. The molecule has 3 aromatic rings. The molecule has 4 rings (SSSR count). The molecule has 0 bridgehead atoms. The Morgan fingerprint density at radius 2 is 2.00 bits per heavy atom. The summed E-state index contributed by atoms with van der Waals surface area (Å²) < 4.78 is 5.72. The van der Waals surface area contributed by atoms with Crippen LogP contribution in [0, 0.1) is 5.92 Å². The Morgan fingerprint density at radius 1 is 1.25 bits per heavy atom. The lowest BCUT2D eigenvalue weighted by molar-refractivity contribution is 0.0895. The van der Waals surface area contributed by atoms with Gasteiger partial charge < -0.3 is 14.6 Å². The molecule has 0 spiro atoms. The fraction of sp³-hybridized carbons (Fsp3) is 0.417. The lowest BCUT2D eigenvalue weighted by Crippen LogP contribution is -2.42. The summed E-state index contributed by atoms with van der Waals surface area (Å²) in [6.45, 7) is 4.72. The highest BCUT2D eigenvalue weighted by Crippen LogP contribution is 2.27. The van der Waals surface area contributed by atoms with Gasteiger partial charge in [-0.15, -0.1) is 0 Å². The molecule has 1 N–H and O–H groups in total. The molecule has 1 amide bonds. The number of amides is 1. The molecule has 4 heterocycles. The van der Waals surface area contributed by atoms with E-state index in [0.717, 1.165) is 43.2 Å². The third kappa shape index (κ3) is 4.96. The van der Waals surface area contributed by atoms with Crippen molar-refractivity contribution in [1.29, 1.82) is 0 Å². The summed E-state index contributed by atoms with van der Waals surface area (Å²) in [6, 6.07) is 7.56. The van der Waals surface area contributed by atoms with Gasteiger partial charge >= 0.3 is 0 Å². The van der Waals surface area contributed by atoms with Crippen molar-refractivity contribution in [3.05, 3.63) is 60.4 Å². The van der Waals surface area contributed by atoms with Gasteiger partial charge in [0.05, 0.1) is 23.6 Å². The van der Waals surface area contributed by atoms with Gasteiger partial charge in [-0.05, 0) is 56.1 Å². The number of pyridine rings is 1. The number of carbonyl (C=O) groups excluding carboxylic acids is 1. The molecule has 0 saturated carbocycles. The molecule has 3 aromatic heterocycles. The van der Waals surface area contributed by atoms with Crippen LogP contribution in [0.5, 0.6) is 0 Å². The SMILES string of the molecule is CC1CCN(C(CNC(=O)c2cnc(N(C)C)nc2-c2ccncc2)c2ccco2)CC1. The first-order valence-electron chi connectivity index (χ1n) is 11.0. The highest BCUT2D eigenvalue weighted by atomic mass is 16.3. The molecule has 8 nitrogen and oxygen atoms in total. The number of anilines is 1. The minimum absolute atomic E-state index is 0.00667. The van der Waals surface area contributed by atoms with E-state index in [2.05, 4.69) is 32.1 Å². The Morgan fingerprint density at radius 3 is 2.66 bits per heavy atom. The lowest BCUT2D eigenvalue weighted by Gasteiger charge is -2.35. The first kappa shape index (κ1) is 22.0. The van der Waals surface area contributed by atoms with E-state index in [4.69, 9.17) is 4.42 Å². The predicted molar refractivity (Wildman–Crippen MR) is 123 cm³/mol. The van der Waals surface area contributed by atoms with E-state index in [1.807, 2.05) is 43.3 Å². The Kier molecular flexibility index (Phi) is 6.80. The maximum Gasteiger partial charge on any atom is 0.255 e.